The zero-order chi connectivity index (χ0) is 17.6. The fourth-order valence-corrected chi connectivity index (χ4v) is 3.40. The number of amides is 1. The summed E-state index contributed by atoms with van der Waals surface area (Å²) in [6.07, 6.45) is 4.36. The molecular formula is C20H26N4O. The van der Waals surface area contributed by atoms with Gasteiger partial charge in [0.25, 0.3) is 5.91 Å². The number of aryl methyl sites for hydroxylation is 1. The highest BCUT2D eigenvalue weighted by atomic mass is 16.2. The number of nitrogens with zero attached hydrogens (tertiary/aromatic N) is 3. The molecule has 25 heavy (non-hydrogen) atoms. The summed E-state index contributed by atoms with van der Waals surface area (Å²) in [5, 5.41) is 3.30. The van der Waals surface area contributed by atoms with Crippen LogP contribution in [0, 0.1) is 6.92 Å². The Balaban J connectivity index is 1.75. The van der Waals surface area contributed by atoms with Crippen LogP contribution in [0.1, 0.15) is 54.5 Å². The second-order valence-electron chi connectivity index (χ2n) is 6.58. The lowest BCUT2D eigenvalue weighted by Gasteiger charge is -2.35. The Labute approximate surface area is 149 Å². The van der Waals surface area contributed by atoms with Crippen molar-refractivity contribution in [2.75, 3.05) is 11.9 Å². The van der Waals surface area contributed by atoms with Gasteiger partial charge in [-0.1, -0.05) is 37.3 Å². The second kappa shape index (κ2) is 8.10. The van der Waals surface area contributed by atoms with Gasteiger partial charge in [0.15, 0.2) is 0 Å². The van der Waals surface area contributed by atoms with Crippen molar-refractivity contribution in [1.29, 1.82) is 0 Å². The van der Waals surface area contributed by atoms with Gasteiger partial charge in [-0.2, -0.15) is 0 Å². The van der Waals surface area contributed by atoms with Crippen LogP contribution in [-0.2, 0) is 6.54 Å². The Morgan fingerprint density at radius 1 is 1.24 bits per heavy atom. The number of rotatable bonds is 5. The minimum absolute atomic E-state index is 0.0276. The van der Waals surface area contributed by atoms with Crippen molar-refractivity contribution in [3.05, 3.63) is 53.5 Å². The predicted octanol–water partition coefficient (Wildman–Crippen LogP) is 3.80. The molecule has 5 nitrogen and oxygen atoms in total. The van der Waals surface area contributed by atoms with Crippen molar-refractivity contribution >= 4 is 11.7 Å². The summed E-state index contributed by atoms with van der Waals surface area (Å²) in [7, 11) is 0. The highest BCUT2D eigenvalue weighted by Gasteiger charge is 2.27. The zero-order valence-corrected chi connectivity index (χ0v) is 15.0. The predicted molar refractivity (Wildman–Crippen MR) is 99.5 cm³/mol. The van der Waals surface area contributed by atoms with Crippen LogP contribution >= 0.6 is 0 Å². The molecule has 0 saturated carbocycles. The summed E-state index contributed by atoms with van der Waals surface area (Å²) < 4.78 is 0. The first-order valence-corrected chi connectivity index (χ1v) is 9.12. The minimum Gasteiger partial charge on any atom is -0.366 e. The molecular weight excluding hydrogens is 312 g/mol. The average Bonchev–Trinajstić information content (AvgIpc) is 2.66. The fourth-order valence-electron chi connectivity index (χ4n) is 3.40. The van der Waals surface area contributed by atoms with Gasteiger partial charge in [0, 0.05) is 25.2 Å². The Bertz CT molecular complexity index is 717. The van der Waals surface area contributed by atoms with Gasteiger partial charge in [-0.25, -0.2) is 9.97 Å². The minimum atomic E-state index is 0.0276. The number of aromatic nitrogens is 2. The summed E-state index contributed by atoms with van der Waals surface area (Å²) in [6, 6.07) is 12.3. The Morgan fingerprint density at radius 2 is 2.04 bits per heavy atom. The molecule has 2 heterocycles. The SMILES string of the molecule is CCC1CCCCN1C(=O)c1cc(NCc2ccccc2)nc(C)n1. The first-order valence-electron chi connectivity index (χ1n) is 9.12. The highest BCUT2D eigenvalue weighted by molar-refractivity contribution is 5.93. The van der Waals surface area contributed by atoms with E-state index in [4.69, 9.17) is 0 Å². The van der Waals surface area contributed by atoms with Crippen LogP contribution in [0.25, 0.3) is 0 Å². The normalized spacial score (nSPS) is 17.4. The lowest BCUT2D eigenvalue weighted by Crippen LogP contribution is -2.43. The van der Waals surface area contributed by atoms with E-state index in [2.05, 4.69) is 34.3 Å². The Hall–Kier alpha value is -2.43. The average molecular weight is 338 g/mol. The van der Waals surface area contributed by atoms with Crippen molar-refractivity contribution in [3.63, 3.8) is 0 Å². The van der Waals surface area contributed by atoms with Crippen molar-refractivity contribution < 1.29 is 4.79 Å². The van der Waals surface area contributed by atoms with Gasteiger partial charge >= 0.3 is 0 Å². The fraction of sp³-hybridized carbons (Fsp3) is 0.450. The molecule has 0 bridgehead atoms. The van der Waals surface area contributed by atoms with E-state index in [0.717, 1.165) is 25.8 Å². The van der Waals surface area contributed by atoms with Crippen LogP contribution in [0.4, 0.5) is 5.82 Å². The van der Waals surface area contributed by atoms with E-state index in [1.54, 1.807) is 6.07 Å². The van der Waals surface area contributed by atoms with E-state index in [9.17, 15) is 4.79 Å². The largest absolute Gasteiger partial charge is 0.366 e. The van der Waals surface area contributed by atoms with Crippen LogP contribution in [0.3, 0.4) is 0 Å². The quantitative estimate of drug-likeness (QED) is 0.901. The maximum atomic E-state index is 13.0. The molecule has 1 aliphatic heterocycles. The molecule has 1 saturated heterocycles. The molecule has 0 spiro atoms. The lowest BCUT2D eigenvalue weighted by molar-refractivity contribution is 0.0601. The Morgan fingerprint density at radius 3 is 2.80 bits per heavy atom. The maximum Gasteiger partial charge on any atom is 0.272 e. The number of benzene rings is 1. The summed E-state index contributed by atoms with van der Waals surface area (Å²) in [5.74, 6) is 1.34. The van der Waals surface area contributed by atoms with Gasteiger partial charge in [-0.15, -0.1) is 0 Å². The monoisotopic (exact) mass is 338 g/mol. The molecule has 1 fully saturated rings. The molecule has 1 amide bonds. The summed E-state index contributed by atoms with van der Waals surface area (Å²) in [4.78, 5) is 23.8. The first-order chi connectivity index (χ1) is 12.2. The summed E-state index contributed by atoms with van der Waals surface area (Å²) in [6.45, 7) is 5.48. The second-order valence-corrected chi connectivity index (χ2v) is 6.58. The topological polar surface area (TPSA) is 58.1 Å². The number of carbonyl (C=O) groups is 1. The number of piperidine rings is 1. The number of hydrogen-bond acceptors (Lipinski definition) is 4. The van der Waals surface area contributed by atoms with Crippen molar-refractivity contribution in [2.24, 2.45) is 0 Å². The standard InChI is InChI=1S/C20H26N4O/c1-3-17-11-7-8-12-24(17)20(25)18-13-19(23-15(2)22-18)21-14-16-9-5-4-6-10-16/h4-6,9-10,13,17H,3,7-8,11-12,14H2,1-2H3,(H,21,22,23). The van der Waals surface area contributed by atoms with Crippen LogP contribution in [0.2, 0.25) is 0 Å². The molecule has 1 atom stereocenters. The van der Waals surface area contributed by atoms with Crippen LogP contribution in [0.5, 0.6) is 0 Å². The van der Waals surface area contributed by atoms with Gasteiger partial charge in [-0.3, -0.25) is 4.79 Å². The molecule has 1 aromatic carbocycles. The van der Waals surface area contributed by atoms with Gasteiger partial charge in [0.2, 0.25) is 0 Å². The third-order valence-corrected chi connectivity index (χ3v) is 4.73. The van der Waals surface area contributed by atoms with Crippen molar-refractivity contribution in [2.45, 2.75) is 52.1 Å². The van der Waals surface area contributed by atoms with Crippen molar-refractivity contribution in [3.8, 4) is 0 Å². The van der Waals surface area contributed by atoms with Crippen LogP contribution in [0.15, 0.2) is 36.4 Å². The third-order valence-electron chi connectivity index (χ3n) is 4.73. The maximum absolute atomic E-state index is 13.0. The van der Waals surface area contributed by atoms with E-state index in [-0.39, 0.29) is 5.91 Å². The molecule has 2 aromatic rings. The Kier molecular flexibility index (Phi) is 5.64. The highest BCUT2D eigenvalue weighted by Crippen LogP contribution is 2.22. The molecule has 1 N–H and O–H groups in total. The van der Waals surface area contributed by atoms with Crippen LogP contribution in [-0.4, -0.2) is 33.4 Å². The van der Waals surface area contributed by atoms with E-state index in [1.165, 1.54) is 12.0 Å². The summed E-state index contributed by atoms with van der Waals surface area (Å²) in [5.41, 5.74) is 1.66. The number of likely N-dealkylation sites (tertiary alicyclic amines) is 1. The molecule has 1 aromatic heterocycles. The number of carbonyl (C=O) groups excluding carboxylic acids is 1. The summed E-state index contributed by atoms with van der Waals surface area (Å²) >= 11 is 0. The number of nitrogens with one attached hydrogen (secondary N) is 1. The number of anilines is 1. The third kappa shape index (κ3) is 4.35. The molecule has 1 aliphatic rings. The van der Waals surface area contributed by atoms with Gasteiger partial charge in [0.05, 0.1) is 0 Å². The smallest absolute Gasteiger partial charge is 0.272 e. The molecule has 1 unspecified atom stereocenters. The molecule has 5 heteroatoms. The molecule has 0 aliphatic carbocycles. The van der Waals surface area contributed by atoms with E-state index in [1.807, 2.05) is 30.0 Å². The van der Waals surface area contributed by atoms with Gasteiger partial charge in [0.1, 0.15) is 17.3 Å². The van der Waals surface area contributed by atoms with Crippen LogP contribution < -0.4 is 5.32 Å². The van der Waals surface area contributed by atoms with E-state index >= 15 is 0 Å². The van der Waals surface area contributed by atoms with Gasteiger partial charge in [-0.05, 0) is 38.2 Å². The zero-order valence-electron chi connectivity index (χ0n) is 15.0. The molecule has 3 rings (SSSR count). The first kappa shape index (κ1) is 17.4. The molecule has 0 radical (unpaired) electrons. The molecule has 132 valence electrons. The van der Waals surface area contributed by atoms with Crippen molar-refractivity contribution in [1.82, 2.24) is 14.9 Å². The van der Waals surface area contributed by atoms with E-state index < -0.39 is 0 Å². The van der Waals surface area contributed by atoms with Gasteiger partial charge < -0.3 is 10.2 Å². The number of hydrogen-bond donors (Lipinski definition) is 1. The van der Waals surface area contributed by atoms with E-state index in [0.29, 0.717) is 29.9 Å². The lowest BCUT2D eigenvalue weighted by atomic mass is 9.99.